The maximum absolute atomic E-state index is 13.7. The lowest BCUT2D eigenvalue weighted by atomic mass is 9.79. The van der Waals surface area contributed by atoms with Gasteiger partial charge < -0.3 is 20.1 Å². The Bertz CT molecular complexity index is 1110. The summed E-state index contributed by atoms with van der Waals surface area (Å²) >= 11 is 0. The van der Waals surface area contributed by atoms with Gasteiger partial charge in [-0.15, -0.1) is 0 Å². The molecule has 0 radical (unpaired) electrons. The second-order valence-corrected chi connectivity index (χ2v) is 10.2. The molecule has 0 aliphatic carbocycles. The monoisotopic (exact) mass is 501 g/mol. The van der Waals surface area contributed by atoms with Gasteiger partial charge in [0.2, 0.25) is 0 Å². The van der Waals surface area contributed by atoms with E-state index >= 15 is 0 Å². The van der Waals surface area contributed by atoms with Crippen molar-refractivity contribution >= 4 is 23.5 Å². The van der Waals surface area contributed by atoms with E-state index in [4.69, 9.17) is 9.47 Å². The van der Waals surface area contributed by atoms with Crippen LogP contribution in [0.3, 0.4) is 0 Å². The molecule has 0 fully saturated rings. The van der Waals surface area contributed by atoms with Crippen LogP contribution >= 0.6 is 0 Å². The number of amides is 1. The first-order valence-corrected chi connectivity index (χ1v) is 11.7. The minimum absolute atomic E-state index is 0.0720. The van der Waals surface area contributed by atoms with Crippen LogP contribution in [-0.2, 0) is 23.9 Å². The van der Waals surface area contributed by atoms with Crippen LogP contribution in [0.25, 0.3) is 0 Å². The molecular formula is C26H35N3O7. The van der Waals surface area contributed by atoms with Crippen LogP contribution in [0.15, 0.2) is 46.8 Å². The maximum atomic E-state index is 13.7. The third-order valence-corrected chi connectivity index (χ3v) is 5.53. The number of nitro benzene ring substituents is 1. The molecule has 1 aromatic carbocycles. The second-order valence-electron chi connectivity index (χ2n) is 10.2. The Labute approximate surface area is 211 Å². The van der Waals surface area contributed by atoms with Crippen LogP contribution in [0.1, 0.15) is 66.4 Å². The molecule has 0 aromatic heterocycles. The molecule has 1 aliphatic rings. The van der Waals surface area contributed by atoms with Gasteiger partial charge in [0.1, 0.15) is 11.6 Å². The van der Waals surface area contributed by atoms with Gasteiger partial charge in [-0.05, 0) is 52.5 Å². The summed E-state index contributed by atoms with van der Waals surface area (Å²) in [6.07, 6.45) is 0.334. The molecule has 1 amide bonds. The highest BCUT2D eigenvalue weighted by atomic mass is 16.6. The van der Waals surface area contributed by atoms with Gasteiger partial charge in [-0.3, -0.25) is 14.9 Å². The maximum Gasteiger partial charge on any atom is 0.336 e. The van der Waals surface area contributed by atoms with Gasteiger partial charge in [0, 0.05) is 29.1 Å². The fraction of sp³-hybridized carbons (Fsp3) is 0.500. The Morgan fingerprint density at radius 1 is 1.14 bits per heavy atom. The van der Waals surface area contributed by atoms with Crippen LogP contribution in [0.2, 0.25) is 0 Å². The van der Waals surface area contributed by atoms with Crippen molar-refractivity contribution in [2.24, 2.45) is 5.92 Å². The number of carbonyl (C=O) groups is 3. The molecule has 2 rings (SSSR count). The Morgan fingerprint density at radius 2 is 1.75 bits per heavy atom. The number of methoxy groups -OCH3 is 1. The predicted octanol–water partition coefficient (Wildman–Crippen LogP) is 3.88. The molecule has 2 atom stereocenters. The van der Waals surface area contributed by atoms with Gasteiger partial charge in [-0.25, -0.2) is 9.59 Å². The molecule has 1 aromatic rings. The van der Waals surface area contributed by atoms with Crippen molar-refractivity contribution in [3.63, 3.8) is 0 Å². The van der Waals surface area contributed by atoms with Gasteiger partial charge in [0.05, 0.1) is 23.5 Å². The van der Waals surface area contributed by atoms with E-state index in [1.54, 1.807) is 40.7 Å². The molecular weight excluding hydrogens is 466 g/mol. The zero-order chi connectivity index (χ0) is 27.4. The number of hydrogen-bond donors (Lipinski definition) is 2. The minimum atomic E-state index is -0.961. The number of nitro groups is 1. The summed E-state index contributed by atoms with van der Waals surface area (Å²) in [7, 11) is 1.22. The van der Waals surface area contributed by atoms with Crippen molar-refractivity contribution in [1.82, 2.24) is 10.6 Å². The quantitative estimate of drug-likeness (QED) is 0.311. The van der Waals surface area contributed by atoms with Gasteiger partial charge in [-0.1, -0.05) is 26.0 Å². The largest absolute Gasteiger partial charge is 0.466 e. The summed E-state index contributed by atoms with van der Waals surface area (Å²) in [5, 5.41) is 17.3. The summed E-state index contributed by atoms with van der Waals surface area (Å²) in [5.74, 6) is -2.74. The number of carbonyl (C=O) groups excluding carboxylic acids is 3. The van der Waals surface area contributed by atoms with Gasteiger partial charge >= 0.3 is 11.9 Å². The number of esters is 2. The van der Waals surface area contributed by atoms with E-state index in [0.717, 1.165) is 0 Å². The fourth-order valence-corrected chi connectivity index (χ4v) is 4.12. The standard InChI is InChI=1S/C26H35N3O7/c1-14(2)12-19(24(31)36-26(5,6)7)28-23(30)20-15(3)27-16(4)21(25(32)35-8)22(20)17-10-9-11-18(13-17)29(33)34/h9-11,13-14,19,22,27H,12H2,1-8H3,(H,28,30)/t19-,22+/m0/s1. The first-order chi connectivity index (χ1) is 16.7. The molecule has 2 N–H and O–H groups in total. The lowest BCUT2D eigenvalue weighted by Gasteiger charge is -2.32. The van der Waals surface area contributed by atoms with Crippen molar-refractivity contribution < 1.29 is 28.8 Å². The van der Waals surface area contributed by atoms with Crippen LogP contribution < -0.4 is 10.6 Å². The SMILES string of the molecule is COC(=O)C1=C(C)NC(C)=C(C(=O)N[C@@H](CC(C)C)C(=O)OC(C)(C)C)[C@H]1c1cccc([N+](=O)[O-])c1. The number of ether oxygens (including phenoxy) is 2. The Kier molecular flexibility index (Phi) is 9.01. The summed E-state index contributed by atoms with van der Waals surface area (Å²) in [5.41, 5.74) is 0.636. The molecule has 10 heteroatoms. The molecule has 0 saturated heterocycles. The summed E-state index contributed by atoms with van der Waals surface area (Å²) in [4.78, 5) is 50.3. The van der Waals surface area contributed by atoms with Gasteiger partial charge in [0.15, 0.2) is 0 Å². The number of rotatable bonds is 8. The average molecular weight is 502 g/mol. The number of allylic oxidation sites excluding steroid dienone is 2. The molecule has 1 heterocycles. The van der Waals surface area contributed by atoms with Gasteiger partial charge in [0.25, 0.3) is 11.6 Å². The van der Waals surface area contributed by atoms with E-state index < -0.39 is 40.3 Å². The summed E-state index contributed by atoms with van der Waals surface area (Å²) in [6.45, 7) is 12.4. The van der Waals surface area contributed by atoms with E-state index in [2.05, 4.69) is 10.6 Å². The smallest absolute Gasteiger partial charge is 0.336 e. The van der Waals surface area contributed by atoms with Crippen LogP contribution in [0.4, 0.5) is 5.69 Å². The normalized spacial score (nSPS) is 16.9. The van der Waals surface area contributed by atoms with Crippen molar-refractivity contribution in [1.29, 1.82) is 0 Å². The number of nitrogens with one attached hydrogen (secondary N) is 2. The topological polar surface area (TPSA) is 137 Å². The van der Waals surface area contributed by atoms with E-state index in [1.807, 2.05) is 13.8 Å². The molecule has 196 valence electrons. The van der Waals surface area contributed by atoms with E-state index in [0.29, 0.717) is 23.4 Å². The molecule has 0 bridgehead atoms. The first kappa shape index (κ1) is 28.5. The highest BCUT2D eigenvalue weighted by Crippen LogP contribution is 2.39. The lowest BCUT2D eigenvalue weighted by Crippen LogP contribution is -2.47. The summed E-state index contributed by atoms with van der Waals surface area (Å²) < 4.78 is 10.5. The van der Waals surface area contributed by atoms with Crippen LogP contribution in [0.5, 0.6) is 0 Å². The molecule has 0 saturated carbocycles. The van der Waals surface area contributed by atoms with Crippen molar-refractivity contribution in [3.05, 3.63) is 62.5 Å². The Hall–Kier alpha value is -3.69. The fourth-order valence-electron chi connectivity index (χ4n) is 4.12. The zero-order valence-electron chi connectivity index (χ0n) is 22.1. The molecule has 0 spiro atoms. The number of benzene rings is 1. The zero-order valence-corrected chi connectivity index (χ0v) is 22.1. The molecule has 36 heavy (non-hydrogen) atoms. The van der Waals surface area contributed by atoms with Crippen LogP contribution in [0, 0.1) is 16.0 Å². The number of non-ortho nitro benzene ring substituents is 1. The molecule has 1 aliphatic heterocycles. The van der Waals surface area contributed by atoms with Crippen LogP contribution in [-0.4, -0.2) is 41.5 Å². The highest BCUT2D eigenvalue weighted by Gasteiger charge is 2.39. The minimum Gasteiger partial charge on any atom is -0.466 e. The van der Waals surface area contributed by atoms with Crippen molar-refractivity contribution in [2.75, 3.05) is 7.11 Å². The third kappa shape index (κ3) is 6.93. The first-order valence-electron chi connectivity index (χ1n) is 11.7. The van der Waals surface area contributed by atoms with E-state index in [1.165, 1.54) is 25.3 Å². The number of dihydropyridines is 1. The predicted molar refractivity (Wildman–Crippen MR) is 134 cm³/mol. The average Bonchev–Trinajstić information content (AvgIpc) is 2.76. The highest BCUT2D eigenvalue weighted by molar-refractivity contribution is 6.03. The number of nitrogens with zero attached hydrogens (tertiary/aromatic N) is 1. The Balaban J connectivity index is 2.59. The van der Waals surface area contributed by atoms with E-state index in [-0.39, 0.29) is 22.8 Å². The summed E-state index contributed by atoms with van der Waals surface area (Å²) in [6, 6.07) is 4.82. The van der Waals surface area contributed by atoms with E-state index in [9.17, 15) is 24.5 Å². The molecule has 0 unspecified atom stereocenters. The van der Waals surface area contributed by atoms with Gasteiger partial charge in [-0.2, -0.15) is 0 Å². The van der Waals surface area contributed by atoms with Crippen molar-refractivity contribution in [3.8, 4) is 0 Å². The lowest BCUT2D eigenvalue weighted by molar-refractivity contribution is -0.384. The second kappa shape index (κ2) is 11.4. The third-order valence-electron chi connectivity index (χ3n) is 5.53. The number of hydrogen-bond acceptors (Lipinski definition) is 8. The van der Waals surface area contributed by atoms with Crippen molar-refractivity contribution in [2.45, 2.75) is 72.4 Å². The Morgan fingerprint density at radius 3 is 2.28 bits per heavy atom. The molecule has 10 nitrogen and oxygen atoms in total.